The number of aromatic carboxylic acids is 1. The molecule has 1 atom stereocenters. The summed E-state index contributed by atoms with van der Waals surface area (Å²) in [6.45, 7) is 0.408. The molecule has 98 valence electrons. The van der Waals surface area contributed by atoms with Gasteiger partial charge in [-0.15, -0.1) is 10.2 Å². The summed E-state index contributed by atoms with van der Waals surface area (Å²) in [5.74, 6) is 0.302. The summed E-state index contributed by atoms with van der Waals surface area (Å²) in [6, 6.07) is 6.69. The molecule has 0 amide bonds. The zero-order valence-electron chi connectivity index (χ0n) is 10.2. The maximum atomic E-state index is 11.2. The van der Waals surface area contributed by atoms with E-state index in [2.05, 4.69) is 10.2 Å². The number of aryl methyl sites for hydroxylation is 1. The third-order valence-electron chi connectivity index (χ3n) is 3.32. The Morgan fingerprint density at radius 3 is 2.89 bits per heavy atom. The molecule has 3 rings (SSSR count). The lowest BCUT2D eigenvalue weighted by Crippen LogP contribution is -2.25. The van der Waals surface area contributed by atoms with Crippen molar-refractivity contribution in [2.45, 2.75) is 25.5 Å². The fraction of sp³-hybridized carbons (Fsp3) is 0.308. The summed E-state index contributed by atoms with van der Waals surface area (Å²) in [5, 5.41) is 27.1. The van der Waals surface area contributed by atoms with Crippen LogP contribution in [0.2, 0.25) is 0 Å². The third kappa shape index (κ3) is 2.00. The van der Waals surface area contributed by atoms with Gasteiger partial charge in [-0.3, -0.25) is 0 Å². The minimum atomic E-state index is -0.996. The van der Waals surface area contributed by atoms with Crippen LogP contribution in [0.5, 0.6) is 0 Å². The molecule has 19 heavy (non-hydrogen) atoms. The van der Waals surface area contributed by atoms with Crippen molar-refractivity contribution >= 4 is 5.97 Å². The zero-order chi connectivity index (χ0) is 13.4. The number of fused-ring (bicyclic) bond motifs is 1. The van der Waals surface area contributed by atoms with Crippen LogP contribution in [0.15, 0.2) is 24.3 Å². The molecular formula is C13H13N3O3. The van der Waals surface area contributed by atoms with Crippen molar-refractivity contribution in [1.82, 2.24) is 14.8 Å². The van der Waals surface area contributed by atoms with Gasteiger partial charge < -0.3 is 14.8 Å². The zero-order valence-corrected chi connectivity index (χ0v) is 10.2. The van der Waals surface area contributed by atoms with Gasteiger partial charge in [-0.1, -0.05) is 18.2 Å². The first-order valence-corrected chi connectivity index (χ1v) is 6.09. The van der Waals surface area contributed by atoms with E-state index in [0.717, 1.165) is 5.82 Å². The van der Waals surface area contributed by atoms with Gasteiger partial charge in [-0.05, 0) is 12.5 Å². The van der Waals surface area contributed by atoms with Gasteiger partial charge in [0.15, 0.2) is 5.82 Å². The van der Waals surface area contributed by atoms with Crippen molar-refractivity contribution in [3.05, 3.63) is 35.7 Å². The second kappa shape index (κ2) is 4.47. The van der Waals surface area contributed by atoms with Gasteiger partial charge in [0.1, 0.15) is 5.82 Å². The molecule has 1 unspecified atom stereocenters. The molecule has 0 radical (unpaired) electrons. The standard InChI is InChI=1S/C13H13N3O3/c17-8-5-6-11-14-15-12(16(11)7-8)9-3-1-2-4-10(9)13(18)19/h1-4,8,17H,5-7H2,(H,18,19). The molecule has 2 aromatic rings. The van der Waals surface area contributed by atoms with Crippen molar-refractivity contribution in [2.75, 3.05) is 0 Å². The number of rotatable bonds is 2. The highest BCUT2D eigenvalue weighted by molar-refractivity contribution is 5.94. The van der Waals surface area contributed by atoms with E-state index in [1.807, 2.05) is 0 Å². The summed E-state index contributed by atoms with van der Waals surface area (Å²) in [4.78, 5) is 11.2. The summed E-state index contributed by atoms with van der Waals surface area (Å²) in [5.41, 5.74) is 0.723. The van der Waals surface area contributed by atoms with Crippen LogP contribution in [0.25, 0.3) is 11.4 Å². The van der Waals surface area contributed by atoms with Crippen LogP contribution in [0.3, 0.4) is 0 Å². The molecule has 0 saturated carbocycles. The summed E-state index contributed by atoms with van der Waals surface area (Å²) >= 11 is 0. The van der Waals surface area contributed by atoms with Gasteiger partial charge in [0, 0.05) is 12.0 Å². The van der Waals surface area contributed by atoms with Crippen LogP contribution >= 0.6 is 0 Å². The van der Waals surface area contributed by atoms with Crippen molar-refractivity contribution in [3.63, 3.8) is 0 Å². The molecule has 6 nitrogen and oxygen atoms in total. The van der Waals surface area contributed by atoms with E-state index in [4.69, 9.17) is 0 Å². The quantitative estimate of drug-likeness (QED) is 0.838. The lowest BCUT2D eigenvalue weighted by Gasteiger charge is -2.20. The smallest absolute Gasteiger partial charge is 0.336 e. The predicted molar refractivity (Wildman–Crippen MR) is 66.7 cm³/mol. The molecule has 1 aromatic heterocycles. The van der Waals surface area contributed by atoms with E-state index in [0.29, 0.717) is 30.8 Å². The second-order valence-electron chi connectivity index (χ2n) is 4.59. The number of aliphatic hydroxyl groups is 1. The van der Waals surface area contributed by atoms with Crippen LogP contribution in [0.4, 0.5) is 0 Å². The van der Waals surface area contributed by atoms with Crippen LogP contribution in [-0.4, -0.2) is 37.1 Å². The minimum absolute atomic E-state index is 0.192. The average molecular weight is 259 g/mol. The number of nitrogens with zero attached hydrogens (tertiary/aromatic N) is 3. The highest BCUT2D eigenvalue weighted by Crippen LogP contribution is 2.25. The molecule has 6 heteroatoms. The van der Waals surface area contributed by atoms with E-state index in [9.17, 15) is 15.0 Å². The molecule has 1 aliphatic rings. The summed E-state index contributed by atoms with van der Waals surface area (Å²) < 4.78 is 1.80. The Balaban J connectivity index is 2.13. The van der Waals surface area contributed by atoms with Gasteiger partial charge in [0.05, 0.1) is 18.2 Å². The van der Waals surface area contributed by atoms with Gasteiger partial charge in [-0.2, -0.15) is 0 Å². The number of hydrogen-bond donors (Lipinski definition) is 2. The first-order valence-electron chi connectivity index (χ1n) is 6.09. The monoisotopic (exact) mass is 259 g/mol. The highest BCUT2D eigenvalue weighted by Gasteiger charge is 2.24. The van der Waals surface area contributed by atoms with Crippen LogP contribution in [-0.2, 0) is 13.0 Å². The Kier molecular flexibility index (Phi) is 2.79. The number of carboxylic acid groups (broad SMARTS) is 1. The molecule has 0 saturated heterocycles. The molecule has 2 heterocycles. The molecule has 1 aromatic carbocycles. The largest absolute Gasteiger partial charge is 0.478 e. The molecule has 2 N–H and O–H groups in total. The van der Waals surface area contributed by atoms with Gasteiger partial charge >= 0.3 is 5.97 Å². The molecule has 0 fully saturated rings. The lowest BCUT2D eigenvalue weighted by atomic mass is 10.1. The van der Waals surface area contributed by atoms with E-state index in [-0.39, 0.29) is 5.56 Å². The Morgan fingerprint density at radius 1 is 1.32 bits per heavy atom. The third-order valence-corrected chi connectivity index (χ3v) is 3.32. The molecular weight excluding hydrogens is 246 g/mol. The number of hydrogen-bond acceptors (Lipinski definition) is 4. The Morgan fingerprint density at radius 2 is 2.11 bits per heavy atom. The van der Waals surface area contributed by atoms with Crippen LogP contribution in [0, 0.1) is 0 Å². The number of benzene rings is 1. The molecule has 0 spiro atoms. The number of aromatic nitrogens is 3. The number of carbonyl (C=O) groups is 1. The molecule has 1 aliphatic heterocycles. The van der Waals surface area contributed by atoms with Crippen molar-refractivity contribution in [3.8, 4) is 11.4 Å². The van der Waals surface area contributed by atoms with Gasteiger partial charge in [-0.25, -0.2) is 4.79 Å². The fourth-order valence-electron chi connectivity index (χ4n) is 2.37. The minimum Gasteiger partial charge on any atom is -0.478 e. The average Bonchev–Trinajstić information content (AvgIpc) is 2.81. The number of carboxylic acids is 1. The van der Waals surface area contributed by atoms with Crippen LogP contribution < -0.4 is 0 Å². The fourth-order valence-corrected chi connectivity index (χ4v) is 2.37. The normalized spacial score (nSPS) is 18.1. The molecule has 0 bridgehead atoms. The van der Waals surface area contributed by atoms with Gasteiger partial charge in [0.2, 0.25) is 0 Å². The first kappa shape index (κ1) is 11.9. The maximum absolute atomic E-state index is 11.2. The summed E-state index contributed by atoms with van der Waals surface area (Å²) in [6.07, 6.45) is 0.890. The Hall–Kier alpha value is -2.21. The first-order chi connectivity index (χ1) is 9.16. The Bertz CT molecular complexity index is 636. The van der Waals surface area contributed by atoms with Crippen molar-refractivity contribution in [1.29, 1.82) is 0 Å². The maximum Gasteiger partial charge on any atom is 0.336 e. The van der Waals surface area contributed by atoms with E-state index >= 15 is 0 Å². The lowest BCUT2D eigenvalue weighted by molar-refractivity contribution is 0.0697. The van der Waals surface area contributed by atoms with Gasteiger partial charge in [0.25, 0.3) is 0 Å². The van der Waals surface area contributed by atoms with E-state index < -0.39 is 12.1 Å². The topological polar surface area (TPSA) is 88.2 Å². The Labute approximate surface area is 109 Å². The summed E-state index contributed by atoms with van der Waals surface area (Å²) in [7, 11) is 0. The second-order valence-corrected chi connectivity index (χ2v) is 4.59. The van der Waals surface area contributed by atoms with E-state index in [1.54, 1.807) is 28.8 Å². The highest BCUT2D eigenvalue weighted by atomic mass is 16.4. The SMILES string of the molecule is O=C(O)c1ccccc1-c1nnc2n1CC(O)CC2. The van der Waals surface area contributed by atoms with Crippen molar-refractivity contribution in [2.24, 2.45) is 0 Å². The molecule has 0 aliphatic carbocycles. The van der Waals surface area contributed by atoms with Crippen LogP contribution in [0.1, 0.15) is 22.6 Å². The van der Waals surface area contributed by atoms with Crippen molar-refractivity contribution < 1.29 is 15.0 Å². The number of aliphatic hydroxyl groups excluding tert-OH is 1. The van der Waals surface area contributed by atoms with E-state index in [1.165, 1.54) is 0 Å². The predicted octanol–water partition coefficient (Wildman–Crippen LogP) is 0.950.